The Morgan fingerprint density at radius 2 is 2.26 bits per heavy atom. The van der Waals surface area contributed by atoms with E-state index in [-0.39, 0.29) is 5.57 Å². The largest absolute Gasteiger partial charge is 0.387 e. The Balaban J connectivity index is 2.65. The van der Waals surface area contributed by atoms with Crippen molar-refractivity contribution in [1.29, 1.82) is 5.26 Å². The van der Waals surface area contributed by atoms with E-state index in [0.717, 1.165) is 0 Å². The fraction of sp³-hybridized carbons (Fsp3) is 0.231. The molecule has 1 aromatic rings. The monoisotopic (exact) mass is 279 g/mol. The zero-order valence-corrected chi connectivity index (χ0v) is 11.2. The number of nitrogens with one attached hydrogen (secondary N) is 2. The number of hydrogen-bond donors (Lipinski definition) is 2. The molecular formula is C13H14ClN3O2. The number of hydrogen-bond acceptors (Lipinski definition) is 4. The van der Waals surface area contributed by atoms with E-state index in [9.17, 15) is 4.79 Å². The molecule has 0 saturated heterocycles. The number of methoxy groups -OCH3 is 1. The Morgan fingerprint density at radius 1 is 1.53 bits per heavy atom. The van der Waals surface area contributed by atoms with E-state index in [2.05, 4.69) is 10.6 Å². The van der Waals surface area contributed by atoms with Crippen LogP contribution in [0.15, 0.2) is 36.0 Å². The summed E-state index contributed by atoms with van der Waals surface area (Å²) in [6.45, 7) is 1.00. The Labute approximate surface area is 116 Å². The van der Waals surface area contributed by atoms with E-state index in [1.165, 1.54) is 6.20 Å². The van der Waals surface area contributed by atoms with Crippen LogP contribution in [0.3, 0.4) is 0 Å². The van der Waals surface area contributed by atoms with Gasteiger partial charge in [0.15, 0.2) is 0 Å². The van der Waals surface area contributed by atoms with Crippen molar-refractivity contribution in [2.45, 2.75) is 0 Å². The highest BCUT2D eigenvalue weighted by atomic mass is 35.5. The predicted octanol–water partition coefficient (Wildman–Crippen LogP) is 1.92. The van der Waals surface area contributed by atoms with Crippen LogP contribution in [-0.4, -0.2) is 26.2 Å². The molecule has 0 radical (unpaired) electrons. The number of rotatable bonds is 6. The summed E-state index contributed by atoms with van der Waals surface area (Å²) < 4.78 is 4.84. The molecule has 0 fully saturated rings. The second-order valence-corrected chi connectivity index (χ2v) is 3.96. The number of halogens is 1. The number of nitrogens with zero attached hydrogens (tertiary/aromatic N) is 1. The molecule has 0 saturated carbocycles. The summed E-state index contributed by atoms with van der Waals surface area (Å²) in [5.41, 5.74) is 0.434. The molecule has 1 rings (SSSR count). The molecule has 0 unspecified atom stereocenters. The van der Waals surface area contributed by atoms with Gasteiger partial charge in [0, 0.05) is 19.9 Å². The van der Waals surface area contributed by atoms with Crippen LogP contribution in [0.5, 0.6) is 0 Å². The number of nitriles is 1. The SMILES string of the molecule is COCCN/C=C(/C#N)C(=O)Nc1ccccc1Cl. The van der Waals surface area contributed by atoms with Crippen LogP contribution in [-0.2, 0) is 9.53 Å². The molecule has 6 heteroatoms. The van der Waals surface area contributed by atoms with Gasteiger partial charge in [-0.3, -0.25) is 4.79 Å². The summed E-state index contributed by atoms with van der Waals surface area (Å²) in [6, 6.07) is 8.64. The number of carbonyl (C=O) groups is 1. The lowest BCUT2D eigenvalue weighted by atomic mass is 10.2. The molecule has 0 aliphatic heterocycles. The van der Waals surface area contributed by atoms with Crippen molar-refractivity contribution in [2.24, 2.45) is 0 Å². The molecule has 2 N–H and O–H groups in total. The van der Waals surface area contributed by atoms with Crippen molar-refractivity contribution in [2.75, 3.05) is 25.6 Å². The molecule has 100 valence electrons. The molecule has 0 aliphatic rings. The van der Waals surface area contributed by atoms with Crippen LogP contribution in [0.1, 0.15) is 0 Å². The van der Waals surface area contributed by atoms with E-state index in [1.807, 2.05) is 6.07 Å². The average Bonchev–Trinajstić information content (AvgIpc) is 2.41. The summed E-state index contributed by atoms with van der Waals surface area (Å²) in [5.74, 6) is -0.513. The van der Waals surface area contributed by atoms with Gasteiger partial charge in [-0.2, -0.15) is 5.26 Å². The highest BCUT2D eigenvalue weighted by molar-refractivity contribution is 6.33. The molecule has 0 aliphatic carbocycles. The van der Waals surface area contributed by atoms with Gasteiger partial charge in [-0.15, -0.1) is 0 Å². The first kappa shape index (κ1) is 15.0. The maximum atomic E-state index is 11.8. The normalized spacial score (nSPS) is 10.7. The fourth-order valence-electron chi connectivity index (χ4n) is 1.24. The van der Waals surface area contributed by atoms with Gasteiger partial charge in [0.2, 0.25) is 0 Å². The third-order valence-electron chi connectivity index (χ3n) is 2.18. The molecule has 5 nitrogen and oxygen atoms in total. The Bertz CT molecular complexity index is 509. The number of anilines is 1. The van der Waals surface area contributed by atoms with Crippen molar-refractivity contribution in [3.63, 3.8) is 0 Å². The topological polar surface area (TPSA) is 74.1 Å². The van der Waals surface area contributed by atoms with E-state index in [0.29, 0.717) is 23.9 Å². The van der Waals surface area contributed by atoms with Crippen LogP contribution < -0.4 is 10.6 Å². The molecule has 0 bridgehead atoms. The minimum atomic E-state index is -0.513. The van der Waals surface area contributed by atoms with Gasteiger partial charge in [0.25, 0.3) is 5.91 Å². The summed E-state index contributed by atoms with van der Waals surface area (Å²) in [7, 11) is 1.57. The molecular weight excluding hydrogens is 266 g/mol. The minimum Gasteiger partial charge on any atom is -0.387 e. The highest BCUT2D eigenvalue weighted by Crippen LogP contribution is 2.20. The summed E-state index contributed by atoms with van der Waals surface area (Å²) in [6.07, 6.45) is 1.35. The van der Waals surface area contributed by atoms with Crippen molar-refractivity contribution in [1.82, 2.24) is 5.32 Å². The quantitative estimate of drug-likeness (QED) is 0.474. The van der Waals surface area contributed by atoms with Crippen molar-refractivity contribution in [3.05, 3.63) is 41.1 Å². The summed E-state index contributed by atoms with van der Waals surface area (Å²) >= 11 is 5.91. The lowest BCUT2D eigenvalue weighted by molar-refractivity contribution is -0.112. The Hall–Kier alpha value is -2.03. The van der Waals surface area contributed by atoms with Crippen LogP contribution in [0.4, 0.5) is 5.69 Å². The van der Waals surface area contributed by atoms with Crippen LogP contribution in [0.25, 0.3) is 0 Å². The zero-order chi connectivity index (χ0) is 14.1. The first-order valence-corrected chi connectivity index (χ1v) is 5.95. The van der Waals surface area contributed by atoms with Gasteiger partial charge in [0.1, 0.15) is 11.6 Å². The summed E-state index contributed by atoms with van der Waals surface area (Å²) in [5, 5.41) is 14.7. The van der Waals surface area contributed by atoms with Crippen LogP contribution in [0.2, 0.25) is 5.02 Å². The predicted molar refractivity (Wildman–Crippen MR) is 73.7 cm³/mol. The maximum Gasteiger partial charge on any atom is 0.267 e. The summed E-state index contributed by atoms with van der Waals surface area (Å²) in [4.78, 5) is 11.8. The number of para-hydroxylation sites is 1. The van der Waals surface area contributed by atoms with Crippen LogP contribution in [0, 0.1) is 11.3 Å². The zero-order valence-electron chi connectivity index (χ0n) is 10.4. The van der Waals surface area contributed by atoms with Crippen molar-refractivity contribution >= 4 is 23.2 Å². The van der Waals surface area contributed by atoms with Crippen molar-refractivity contribution < 1.29 is 9.53 Å². The van der Waals surface area contributed by atoms with E-state index >= 15 is 0 Å². The fourth-order valence-corrected chi connectivity index (χ4v) is 1.42. The second-order valence-electron chi connectivity index (χ2n) is 3.55. The van der Waals surface area contributed by atoms with E-state index in [4.69, 9.17) is 21.6 Å². The number of ether oxygens (including phenoxy) is 1. The van der Waals surface area contributed by atoms with Gasteiger partial charge in [0.05, 0.1) is 17.3 Å². The lowest BCUT2D eigenvalue weighted by Gasteiger charge is -2.06. The maximum absolute atomic E-state index is 11.8. The van der Waals surface area contributed by atoms with Gasteiger partial charge in [-0.25, -0.2) is 0 Å². The standard InChI is InChI=1S/C13H14ClN3O2/c1-19-7-6-16-9-10(8-15)13(18)17-12-5-3-2-4-11(12)14/h2-5,9,16H,6-7H2,1H3,(H,17,18)/b10-9-. The molecule has 1 aromatic carbocycles. The first-order valence-electron chi connectivity index (χ1n) is 5.57. The smallest absolute Gasteiger partial charge is 0.267 e. The lowest BCUT2D eigenvalue weighted by Crippen LogP contribution is -2.18. The first-order chi connectivity index (χ1) is 9.19. The third-order valence-corrected chi connectivity index (χ3v) is 2.51. The van der Waals surface area contributed by atoms with Gasteiger partial charge >= 0.3 is 0 Å². The number of benzene rings is 1. The number of carbonyl (C=O) groups excluding carboxylic acids is 1. The molecule has 19 heavy (non-hydrogen) atoms. The Morgan fingerprint density at radius 3 is 2.89 bits per heavy atom. The van der Waals surface area contributed by atoms with Gasteiger partial charge < -0.3 is 15.4 Å². The molecule has 0 spiro atoms. The molecule has 1 amide bonds. The molecule has 0 atom stereocenters. The van der Waals surface area contributed by atoms with Crippen molar-refractivity contribution in [3.8, 4) is 6.07 Å². The van der Waals surface area contributed by atoms with E-state index < -0.39 is 5.91 Å². The average molecular weight is 280 g/mol. The third kappa shape index (κ3) is 5.00. The Kier molecular flexibility index (Phi) is 6.44. The minimum absolute atomic E-state index is 0.0315. The highest BCUT2D eigenvalue weighted by Gasteiger charge is 2.10. The molecule has 0 aromatic heterocycles. The van der Waals surface area contributed by atoms with E-state index in [1.54, 1.807) is 31.4 Å². The van der Waals surface area contributed by atoms with Gasteiger partial charge in [-0.05, 0) is 12.1 Å². The molecule has 0 heterocycles. The van der Waals surface area contributed by atoms with Crippen LogP contribution >= 0.6 is 11.6 Å². The van der Waals surface area contributed by atoms with Gasteiger partial charge in [-0.1, -0.05) is 23.7 Å². The second kappa shape index (κ2) is 8.14. The number of amides is 1.